The summed E-state index contributed by atoms with van der Waals surface area (Å²) in [7, 11) is 0. The molecule has 0 spiro atoms. The van der Waals surface area contributed by atoms with Crippen LogP contribution in [0.2, 0.25) is 0 Å². The molecule has 0 saturated carbocycles. The van der Waals surface area contributed by atoms with Gasteiger partial charge in [0.25, 0.3) is 0 Å². The van der Waals surface area contributed by atoms with E-state index in [1.807, 2.05) is 42.6 Å². The van der Waals surface area contributed by atoms with E-state index in [1.165, 1.54) is 0 Å². The summed E-state index contributed by atoms with van der Waals surface area (Å²) in [5, 5.41) is 12.0. The number of hydrogen-bond acceptors (Lipinski definition) is 5. The third kappa shape index (κ3) is 3.86. The van der Waals surface area contributed by atoms with Crippen LogP contribution in [0, 0.1) is 6.92 Å². The number of hydrogen-bond donors (Lipinski definition) is 1. The molecule has 0 radical (unpaired) electrons. The minimum Gasteiger partial charge on any atom is -0.508 e. The molecule has 3 rings (SSSR count). The zero-order chi connectivity index (χ0) is 16.9. The molecule has 5 heteroatoms. The molecular formula is C19H22N2O2S. The highest BCUT2D eigenvalue weighted by Crippen LogP contribution is 2.27. The second-order valence-corrected chi connectivity index (χ2v) is 6.79. The number of para-hydroxylation sites is 1. The molecule has 1 N–H and O–H groups in total. The molecule has 24 heavy (non-hydrogen) atoms. The molecular weight excluding hydrogens is 320 g/mol. The normalized spacial score (nSPS) is 11.3. The first kappa shape index (κ1) is 16.7. The van der Waals surface area contributed by atoms with E-state index in [-0.39, 0.29) is 0 Å². The van der Waals surface area contributed by atoms with Crippen LogP contribution < -0.4 is 0 Å². The van der Waals surface area contributed by atoms with Crippen LogP contribution in [0.4, 0.5) is 0 Å². The van der Waals surface area contributed by atoms with Crippen LogP contribution in [0.1, 0.15) is 30.4 Å². The Balaban J connectivity index is 1.77. The van der Waals surface area contributed by atoms with E-state index in [4.69, 9.17) is 4.42 Å². The number of nitrogens with zero attached hydrogens (tertiary/aromatic N) is 2. The maximum atomic E-state index is 10.0. The van der Waals surface area contributed by atoms with Crippen LogP contribution in [0.15, 0.2) is 46.2 Å². The Morgan fingerprint density at radius 2 is 2.00 bits per heavy atom. The average molecular weight is 342 g/mol. The summed E-state index contributed by atoms with van der Waals surface area (Å²) in [6.45, 7) is 6.47. The smallest absolute Gasteiger partial charge is 0.236 e. The van der Waals surface area contributed by atoms with Crippen LogP contribution in [-0.2, 0) is 13.1 Å². The van der Waals surface area contributed by atoms with Gasteiger partial charge in [0, 0.05) is 18.7 Å². The molecule has 0 aliphatic rings. The van der Waals surface area contributed by atoms with Gasteiger partial charge >= 0.3 is 0 Å². The fourth-order valence-electron chi connectivity index (χ4n) is 2.71. The summed E-state index contributed by atoms with van der Waals surface area (Å²) in [4.78, 5) is 8.02. The molecule has 0 aliphatic heterocycles. The molecule has 0 bridgehead atoms. The quantitative estimate of drug-likeness (QED) is 0.668. The minimum absolute atomic E-state index is 0.342. The van der Waals surface area contributed by atoms with Gasteiger partial charge in [-0.3, -0.25) is 4.90 Å². The number of phenols is 1. The third-order valence-corrected chi connectivity index (χ3v) is 4.78. The van der Waals surface area contributed by atoms with E-state index >= 15 is 0 Å². The van der Waals surface area contributed by atoms with Crippen molar-refractivity contribution < 1.29 is 9.52 Å². The SMILES string of the molecule is CCCN(Cc1ccccc1O)Cc1nc(-c2cccs2)oc1C. The van der Waals surface area contributed by atoms with E-state index in [1.54, 1.807) is 17.4 Å². The van der Waals surface area contributed by atoms with Crippen molar-refractivity contribution in [1.29, 1.82) is 0 Å². The lowest BCUT2D eigenvalue weighted by atomic mass is 10.1. The Morgan fingerprint density at radius 3 is 2.71 bits per heavy atom. The Kier molecular flexibility index (Phi) is 5.33. The standard InChI is InChI=1S/C19H22N2O2S/c1-3-10-21(12-15-7-4-5-8-17(15)22)13-16-14(2)23-19(20-16)18-9-6-11-24-18/h4-9,11,22H,3,10,12-13H2,1-2H3. The zero-order valence-electron chi connectivity index (χ0n) is 14.0. The monoisotopic (exact) mass is 342 g/mol. The van der Waals surface area contributed by atoms with Crippen molar-refractivity contribution in [2.24, 2.45) is 0 Å². The van der Waals surface area contributed by atoms with Gasteiger partial charge in [0.1, 0.15) is 11.5 Å². The van der Waals surface area contributed by atoms with Gasteiger partial charge < -0.3 is 9.52 Å². The predicted molar refractivity (Wildman–Crippen MR) is 97.1 cm³/mol. The number of thiophene rings is 1. The number of oxazole rings is 1. The molecule has 0 amide bonds. The number of benzene rings is 1. The number of aromatic nitrogens is 1. The number of aromatic hydroxyl groups is 1. The maximum Gasteiger partial charge on any atom is 0.236 e. The van der Waals surface area contributed by atoms with E-state index in [9.17, 15) is 5.11 Å². The van der Waals surface area contributed by atoms with Crippen molar-refractivity contribution in [2.45, 2.75) is 33.4 Å². The third-order valence-electron chi connectivity index (χ3n) is 3.92. The summed E-state index contributed by atoms with van der Waals surface area (Å²) >= 11 is 1.63. The first-order valence-electron chi connectivity index (χ1n) is 8.16. The highest BCUT2D eigenvalue weighted by molar-refractivity contribution is 7.13. The molecule has 4 nitrogen and oxygen atoms in total. The van der Waals surface area contributed by atoms with Gasteiger partial charge in [-0.2, -0.15) is 0 Å². The minimum atomic E-state index is 0.342. The van der Waals surface area contributed by atoms with E-state index in [2.05, 4.69) is 16.8 Å². The molecule has 2 heterocycles. The van der Waals surface area contributed by atoms with Crippen LogP contribution >= 0.6 is 11.3 Å². The zero-order valence-corrected chi connectivity index (χ0v) is 14.8. The molecule has 1 aromatic carbocycles. The topological polar surface area (TPSA) is 49.5 Å². The van der Waals surface area contributed by atoms with Gasteiger partial charge in [0.05, 0.1) is 10.6 Å². The van der Waals surface area contributed by atoms with Crippen LogP contribution in [0.25, 0.3) is 10.8 Å². The van der Waals surface area contributed by atoms with Gasteiger partial charge in [-0.25, -0.2) is 4.98 Å². The van der Waals surface area contributed by atoms with Crippen molar-refractivity contribution >= 4 is 11.3 Å². The van der Waals surface area contributed by atoms with Crippen molar-refractivity contribution in [3.05, 3.63) is 58.8 Å². The number of phenolic OH excluding ortho intramolecular Hbond substituents is 1. The fourth-order valence-corrected chi connectivity index (χ4v) is 3.36. The predicted octanol–water partition coefficient (Wildman–Crippen LogP) is 4.83. The Hall–Kier alpha value is -2.11. The molecule has 0 unspecified atom stereocenters. The van der Waals surface area contributed by atoms with E-state index in [0.29, 0.717) is 24.7 Å². The van der Waals surface area contributed by atoms with Crippen molar-refractivity contribution in [3.8, 4) is 16.5 Å². The molecule has 3 aromatic rings. The van der Waals surface area contributed by atoms with Gasteiger partial charge in [-0.1, -0.05) is 31.2 Å². The average Bonchev–Trinajstić information content (AvgIpc) is 3.20. The summed E-state index contributed by atoms with van der Waals surface area (Å²) < 4.78 is 5.84. The lowest BCUT2D eigenvalue weighted by Gasteiger charge is -2.21. The lowest BCUT2D eigenvalue weighted by Crippen LogP contribution is -2.24. The lowest BCUT2D eigenvalue weighted by molar-refractivity contribution is 0.250. The molecule has 0 saturated heterocycles. The summed E-state index contributed by atoms with van der Waals surface area (Å²) in [5.41, 5.74) is 1.90. The molecule has 0 fully saturated rings. The van der Waals surface area contributed by atoms with Crippen LogP contribution in [0.5, 0.6) is 5.75 Å². The maximum absolute atomic E-state index is 10.0. The largest absolute Gasteiger partial charge is 0.508 e. The van der Waals surface area contributed by atoms with Gasteiger partial charge in [-0.15, -0.1) is 11.3 Å². The fraction of sp³-hybridized carbons (Fsp3) is 0.316. The van der Waals surface area contributed by atoms with E-state index in [0.717, 1.165) is 34.9 Å². The highest BCUT2D eigenvalue weighted by atomic mass is 32.1. The van der Waals surface area contributed by atoms with Gasteiger partial charge in [0.15, 0.2) is 0 Å². The van der Waals surface area contributed by atoms with Crippen LogP contribution in [0.3, 0.4) is 0 Å². The van der Waals surface area contributed by atoms with Crippen molar-refractivity contribution in [2.75, 3.05) is 6.54 Å². The Bertz CT molecular complexity index is 781. The molecule has 0 aliphatic carbocycles. The van der Waals surface area contributed by atoms with E-state index < -0.39 is 0 Å². The molecule has 126 valence electrons. The van der Waals surface area contributed by atoms with Crippen molar-refractivity contribution in [3.63, 3.8) is 0 Å². The number of aryl methyl sites for hydroxylation is 1. The first-order valence-corrected chi connectivity index (χ1v) is 9.04. The second-order valence-electron chi connectivity index (χ2n) is 5.84. The van der Waals surface area contributed by atoms with Crippen molar-refractivity contribution in [1.82, 2.24) is 9.88 Å². The summed E-state index contributed by atoms with van der Waals surface area (Å²) in [6, 6.07) is 11.5. The second kappa shape index (κ2) is 7.64. The highest BCUT2D eigenvalue weighted by Gasteiger charge is 2.16. The first-order chi connectivity index (χ1) is 11.7. The van der Waals surface area contributed by atoms with Crippen LogP contribution in [-0.4, -0.2) is 21.5 Å². The number of rotatable bonds is 7. The molecule has 2 aromatic heterocycles. The summed E-state index contributed by atoms with van der Waals surface area (Å²) in [6.07, 6.45) is 1.04. The Morgan fingerprint density at radius 1 is 1.17 bits per heavy atom. The Labute approximate surface area is 146 Å². The van der Waals surface area contributed by atoms with Gasteiger partial charge in [0.2, 0.25) is 5.89 Å². The summed E-state index contributed by atoms with van der Waals surface area (Å²) in [5.74, 6) is 1.89. The molecule has 0 atom stereocenters. The van der Waals surface area contributed by atoms with Gasteiger partial charge in [-0.05, 0) is 37.4 Å².